The normalized spacial score (nSPS) is 15.8. The number of ether oxygens (including phenoxy) is 1. The second-order valence-electron chi connectivity index (χ2n) is 6.73. The van der Waals surface area contributed by atoms with Gasteiger partial charge in [0.1, 0.15) is 11.5 Å². The molecule has 4 rings (SSSR count). The van der Waals surface area contributed by atoms with Crippen LogP contribution < -0.4 is 15.0 Å². The molecule has 1 N–H and O–H groups in total. The lowest BCUT2D eigenvalue weighted by Gasteiger charge is -2.33. The largest absolute Gasteiger partial charge is 0.479 e. The highest BCUT2D eigenvalue weighted by molar-refractivity contribution is 9.10. The van der Waals surface area contributed by atoms with Crippen LogP contribution >= 0.6 is 15.9 Å². The molecule has 0 saturated carbocycles. The van der Waals surface area contributed by atoms with Gasteiger partial charge in [0.2, 0.25) is 0 Å². The number of anilines is 2. The maximum atomic E-state index is 12.8. The number of carbonyl (C=O) groups is 2. The van der Waals surface area contributed by atoms with E-state index in [0.717, 1.165) is 11.3 Å². The van der Waals surface area contributed by atoms with E-state index in [4.69, 9.17) is 13.7 Å². The molecule has 0 bridgehead atoms. The van der Waals surface area contributed by atoms with E-state index in [9.17, 15) is 9.59 Å². The summed E-state index contributed by atoms with van der Waals surface area (Å²) in [5.74, 6) is 0.801. The zero-order valence-electron chi connectivity index (χ0n) is 16.0. The van der Waals surface area contributed by atoms with Crippen molar-refractivity contribution < 1.29 is 23.3 Å². The topological polar surface area (TPSA) is 97.8 Å². The van der Waals surface area contributed by atoms with Crippen LogP contribution in [-0.4, -0.2) is 23.1 Å². The summed E-state index contributed by atoms with van der Waals surface area (Å²) in [6.07, 6.45) is -0.621. The molecule has 0 radical (unpaired) electrons. The number of hydrogen-bond donors (Lipinski definition) is 1. The van der Waals surface area contributed by atoms with E-state index in [1.807, 2.05) is 13.8 Å². The van der Waals surface area contributed by atoms with Gasteiger partial charge in [-0.3, -0.25) is 9.59 Å². The highest BCUT2D eigenvalue weighted by Crippen LogP contribution is 2.38. The molecule has 3 aromatic rings. The highest BCUT2D eigenvalue weighted by atomic mass is 79.9. The average molecular weight is 460 g/mol. The molecule has 1 aliphatic rings. The highest BCUT2D eigenvalue weighted by Gasteiger charge is 2.33. The number of benzene rings is 1. The van der Waals surface area contributed by atoms with Crippen molar-refractivity contribution in [3.63, 3.8) is 0 Å². The van der Waals surface area contributed by atoms with Gasteiger partial charge in [0.05, 0.1) is 17.9 Å². The summed E-state index contributed by atoms with van der Waals surface area (Å²) in [7, 11) is 0. The zero-order chi connectivity index (χ0) is 20.7. The minimum atomic E-state index is -0.621. The lowest BCUT2D eigenvalue weighted by molar-refractivity contribution is -0.125. The maximum absolute atomic E-state index is 12.8. The van der Waals surface area contributed by atoms with Crippen molar-refractivity contribution in [2.24, 2.45) is 0 Å². The molecule has 0 fully saturated rings. The minimum absolute atomic E-state index is 0.170. The molecule has 1 aromatic carbocycles. The number of amides is 2. The SMILES string of the molecule is Cc1noc(C)c1CN1C(=O)C(C)Oc2ccc(NC(=O)c3ccc(Br)o3)cc21. The van der Waals surface area contributed by atoms with Crippen molar-refractivity contribution in [1.29, 1.82) is 0 Å². The fraction of sp³-hybridized carbons (Fsp3) is 0.250. The molecular weight excluding hydrogens is 442 g/mol. The van der Waals surface area contributed by atoms with E-state index in [0.29, 0.717) is 34.1 Å². The number of carbonyl (C=O) groups excluding carboxylic acids is 2. The first-order valence-corrected chi connectivity index (χ1v) is 9.73. The Bertz CT molecular complexity index is 1080. The van der Waals surface area contributed by atoms with Gasteiger partial charge in [-0.15, -0.1) is 0 Å². The predicted octanol–water partition coefficient (Wildman–Crippen LogP) is 4.21. The number of nitrogens with one attached hydrogen (secondary N) is 1. The van der Waals surface area contributed by atoms with E-state index in [1.165, 1.54) is 0 Å². The molecule has 2 amide bonds. The maximum Gasteiger partial charge on any atom is 0.291 e. The van der Waals surface area contributed by atoms with E-state index < -0.39 is 12.0 Å². The van der Waals surface area contributed by atoms with Crippen molar-refractivity contribution in [3.8, 4) is 5.75 Å². The van der Waals surface area contributed by atoms with Crippen LogP contribution in [0.3, 0.4) is 0 Å². The third kappa shape index (κ3) is 3.65. The lowest BCUT2D eigenvalue weighted by atomic mass is 10.1. The molecule has 1 atom stereocenters. The quantitative estimate of drug-likeness (QED) is 0.627. The molecule has 0 saturated heterocycles. The molecule has 29 heavy (non-hydrogen) atoms. The molecular formula is C20H18BrN3O5. The Kier molecular flexibility index (Phi) is 4.91. The van der Waals surface area contributed by atoms with Gasteiger partial charge in [-0.1, -0.05) is 5.16 Å². The number of nitrogens with zero attached hydrogens (tertiary/aromatic N) is 2. The van der Waals surface area contributed by atoms with Gasteiger partial charge in [0.25, 0.3) is 11.8 Å². The van der Waals surface area contributed by atoms with E-state index in [1.54, 1.807) is 42.2 Å². The molecule has 3 heterocycles. The third-order valence-corrected chi connectivity index (χ3v) is 5.15. The molecule has 150 valence electrons. The molecule has 1 aliphatic heterocycles. The van der Waals surface area contributed by atoms with Gasteiger partial charge < -0.3 is 23.9 Å². The van der Waals surface area contributed by atoms with Gasteiger partial charge in [0, 0.05) is 11.3 Å². The van der Waals surface area contributed by atoms with Crippen LogP contribution in [0.15, 0.2) is 43.9 Å². The van der Waals surface area contributed by atoms with Crippen LogP contribution in [0.4, 0.5) is 11.4 Å². The number of aryl methyl sites for hydroxylation is 2. The van der Waals surface area contributed by atoms with Gasteiger partial charge in [-0.2, -0.15) is 0 Å². The van der Waals surface area contributed by atoms with Crippen LogP contribution in [0.1, 0.15) is 34.5 Å². The Morgan fingerprint density at radius 1 is 1.28 bits per heavy atom. The van der Waals surface area contributed by atoms with Gasteiger partial charge in [-0.25, -0.2) is 0 Å². The van der Waals surface area contributed by atoms with Crippen molar-refractivity contribution in [1.82, 2.24) is 5.16 Å². The van der Waals surface area contributed by atoms with Gasteiger partial charge in [-0.05, 0) is 67.0 Å². The number of fused-ring (bicyclic) bond motifs is 1. The fourth-order valence-electron chi connectivity index (χ4n) is 3.16. The van der Waals surface area contributed by atoms with Gasteiger partial charge >= 0.3 is 0 Å². The molecule has 1 unspecified atom stereocenters. The van der Waals surface area contributed by atoms with E-state index >= 15 is 0 Å². The Morgan fingerprint density at radius 3 is 2.72 bits per heavy atom. The van der Waals surface area contributed by atoms with Crippen molar-refractivity contribution in [2.45, 2.75) is 33.4 Å². The Hall–Kier alpha value is -3.07. The average Bonchev–Trinajstić information content (AvgIpc) is 3.26. The fourth-order valence-corrected chi connectivity index (χ4v) is 3.47. The predicted molar refractivity (Wildman–Crippen MR) is 108 cm³/mol. The zero-order valence-corrected chi connectivity index (χ0v) is 17.6. The number of furan rings is 1. The van der Waals surface area contributed by atoms with Crippen LogP contribution in [0, 0.1) is 13.8 Å². The van der Waals surface area contributed by atoms with E-state index in [2.05, 4.69) is 26.4 Å². The number of rotatable bonds is 4. The summed E-state index contributed by atoms with van der Waals surface area (Å²) in [5, 5.41) is 6.73. The van der Waals surface area contributed by atoms with Crippen molar-refractivity contribution >= 4 is 39.1 Å². The van der Waals surface area contributed by atoms with Crippen LogP contribution in [0.5, 0.6) is 5.75 Å². The Balaban J connectivity index is 1.66. The number of hydrogen-bond acceptors (Lipinski definition) is 6. The second kappa shape index (κ2) is 7.40. The van der Waals surface area contributed by atoms with Crippen LogP contribution in [0.2, 0.25) is 0 Å². The first kappa shape index (κ1) is 19.3. The summed E-state index contributed by atoms with van der Waals surface area (Å²) < 4.78 is 16.7. The van der Waals surface area contributed by atoms with Crippen molar-refractivity contribution in [3.05, 3.63) is 57.8 Å². The lowest BCUT2D eigenvalue weighted by Crippen LogP contribution is -2.44. The van der Waals surface area contributed by atoms with Gasteiger partial charge in [0.15, 0.2) is 16.5 Å². The summed E-state index contributed by atoms with van der Waals surface area (Å²) in [4.78, 5) is 26.8. The van der Waals surface area contributed by atoms with Crippen LogP contribution in [-0.2, 0) is 11.3 Å². The standard InChI is InChI=1S/C20H18BrN3O5/c1-10-14(11(2)29-23-10)9-24-15-8-13(4-5-16(15)27-12(3)20(24)26)22-19(25)17-6-7-18(21)28-17/h4-8,12H,9H2,1-3H3,(H,22,25). The molecule has 8 nitrogen and oxygen atoms in total. The summed E-state index contributed by atoms with van der Waals surface area (Å²) in [6, 6.07) is 8.35. The molecule has 0 spiro atoms. The molecule has 9 heteroatoms. The monoisotopic (exact) mass is 459 g/mol. The first-order valence-electron chi connectivity index (χ1n) is 8.94. The first-order chi connectivity index (χ1) is 13.8. The van der Waals surface area contributed by atoms with Crippen LogP contribution in [0.25, 0.3) is 0 Å². The smallest absolute Gasteiger partial charge is 0.291 e. The third-order valence-electron chi connectivity index (χ3n) is 4.72. The Labute approximate surface area is 174 Å². The summed E-state index contributed by atoms with van der Waals surface area (Å²) >= 11 is 3.17. The minimum Gasteiger partial charge on any atom is -0.479 e. The second-order valence-corrected chi connectivity index (χ2v) is 7.51. The van der Waals surface area contributed by atoms with Crippen molar-refractivity contribution in [2.75, 3.05) is 10.2 Å². The van der Waals surface area contributed by atoms with E-state index in [-0.39, 0.29) is 11.7 Å². The molecule has 0 aliphatic carbocycles. The number of aromatic nitrogens is 1. The number of halogens is 1. The Morgan fingerprint density at radius 2 is 2.07 bits per heavy atom. The molecule has 2 aromatic heterocycles. The summed E-state index contributed by atoms with van der Waals surface area (Å²) in [6.45, 7) is 5.64. The summed E-state index contributed by atoms with van der Waals surface area (Å²) in [5.41, 5.74) is 2.64.